The number of carbonyl (C=O) groups excluding carboxylic acids is 1. The number of ether oxygens (including phenoxy) is 1. The van der Waals surface area contributed by atoms with Crippen molar-refractivity contribution in [3.05, 3.63) is 48.7 Å². The maximum atomic E-state index is 11.8. The summed E-state index contributed by atoms with van der Waals surface area (Å²) in [6, 6.07) is 12.6. The summed E-state index contributed by atoms with van der Waals surface area (Å²) in [7, 11) is 0. The molecule has 5 nitrogen and oxygen atoms in total. The van der Waals surface area contributed by atoms with Crippen molar-refractivity contribution in [3.63, 3.8) is 0 Å². The number of pyridine rings is 1. The number of aromatic nitrogens is 1. The number of nitrogens with one attached hydrogen (secondary N) is 2. The lowest BCUT2D eigenvalue weighted by atomic mass is 10.1. The molecule has 0 spiro atoms. The van der Waals surface area contributed by atoms with E-state index in [0.717, 1.165) is 6.42 Å². The van der Waals surface area contributed by atoms with Crippen LogP contribution in [-0.4, -0.2) is 17.6 Å². The highest BCUT2D eigenvalue weighted by atomic mass is 16.5. The Morgan fingerprint density at radius 3 is 2.73 bits per heavy atom. The molecule has 0 aliphatic carbocycles. The number of amides is 2. The van der Waals surface area contributed by atoms with E-state index in [-0.39, 0.29) is 6.03 Å². The minimum Gasteiger partial charge on any atom is -0.439 e. The molecule has 0 saturated carbocycles. The summed E-state index contributed by atoms with van der Waals surface area (Å²) >= 11 is 0. The van der Waals surface area contributed by atoms with Crippen molar-refractivity contribution in [2.45, 2.75) is 20.3 Å². The first-order chi connectivity index (χ1) is 10.6. The van der Waals surface area contributed by atoms with E-state index in [4.69, 9.17) is 4.74 Å². The second-order valence-corrected chi connectivity index (χ2v) is 5.36. The Morgan fingerprint density at radius 2 is 2.00 bits per heavy atom. The fourth-order valence-corrected chi connectivity index (χ4v) is 1.80. The van der Waals surface area contributed by atoms with Crippen LogP contribution < -0.4 is 15.4 Å². The Kier molecular flexibility index (Phi) is 5.77. The summed E-state index contributed by atoms with van der Waals surface area (Å²) < 4.78 is 5.63. The molecule has 0 radical (unpaired) electrons. The number of urea groups is 1. The van der Waals surface area contributed by atoms with Gasteiger partial charge in [0.15, 0.2) is 0 Å². The fourth-order valence-electron chi connectivity index (χ4n) is 1.80. The number of para-hydroxylation sites is 1. The van der Waals surface area contributed by atoms with E-state index in [9.17, 15) is 4.79 Å². The van der Waals surface area contributed by atoms with E-state index >= 15 is 0 Å². The third-order valence-corrected chi connectivity index (χ3v) is 2.97. The Bertz CT molecular complexity index is 600. The zero-order chi connectivity index (χ0) is 15.8. The molecule has 0 aliphatic heterocycles. The highest BCUT2D eigenvalue weighted by Crippen LogP contribution is 2.21. The van der Waals surface area contributed by atoms with Crippen LogP contribution in [0.15, 0.2) is 48.7 Å². The standard InChI is InChI=1S/C17H21N3O2/c1-13(2)8-10-19-17(21)20-14-9-11-18-16(12-14)22-15-6-4-3-5-7-15/h3-7,9,11-13H,8,10H2,1-2H3,(H2,18,19,20,21). The van der Waals surface area contributed by atoms with Gasteiger partial charge in [0, 0.05) is 24.5 Å². The molecule has 22 heavy (non-hydrogen) atoms. The number of hydrogen-bond acceptors (Lipinski definition) is 3. The summed E-state index contributed by atoms with van der Waals surface area (Å²) in [6.07, 6.45) is 2.55. The van der Waals surface area contributed by atoms with Crippen LogP contribution in [0.1, 0.15) is 20.3 Å². The fraction of sp³-hybridized carbons (Fsp3) is 0.294. The number of carbonyl (C=O) groups is 1. The number of anilines is 1. The molecule has 1 aromatic carbocycles. The molecule has 0 unspecified atom stereocenters. The van der Waals surface area contributed by atoms with Crippen molar-refractivity contribution in [1.29, 1.82) is 0 Å². The molecule has 0 fully saturated rings. The normalized spacial score (nSPS) is 10.3. The monoisotopic (exact) mass is 299 g/mol. The second-order valence-electron chi connectivity index (χ2n) is 5.36. The predicted octanol–water partition coefficient (Wildman–Crippen LogP) is 4.04. The molecule has 0 atom stereocenters. The Hall–Kier alpha value is -2.56. The molecule has 1 heterocycles. The molecule has 5 heteroatoms. The van der Waals surface area contributed by atoms with Crippen LogP contribution in [0.3, 0.4) is 0 Å². The topological polar surface area (TPSA) is 63.2 Å². The van der Waals surface area contributed by atoms with Gasteiger partial charge in [0.25, 0.3) is 0 Å². The van der Waals surface area contributed by atoms with Crippen LogP contribution in [-0.2, 0) is 0 Å². The summed E-state index contributed by atoms with van der Waals surface area (Å²) in [5, 5.41) is 5.59. The minimum atomic E-state index is -0.225. The molecule has 0 aliphatic rings. The molecule has 2 N–H and O–H groups in total. The number of nitrogens with zero attached hydrogens (tertiary/aromatic N) is 1. The van der Waals surface area contributed by atoms with Crippen molar-refractivity contribution < 1.29 is 9.53 Å². The average molecular weight is 299 g/mol. The van der Waals surface area contributed by atoms with Gasteiger partial charge >= 0.3 is 6.03 Å². The van der Waals surface area contributed by atoms with E-state index in [1.165, 1.54) is 0 Å². The molecule has 2 aromatic rings. The first kappa shape index (κ1) is 15.8. The molecule has 0 bridgehead atoms. The van der Waals surface area contributed by atoms with Gasteiger partial charge in [-0.3, -0.25) is 0 Å². The van der Waals surface area contributed by atoms with E-state index in [1.807, 2.05) is 30.3 Å². The zero-order valence-corrected chi connectivity index (χ0v) is 12.9. The number of benzene rings is 1. The van der Waals surface area contributed by atoms with Gasteiger partial charge in [-0.25, -0.2) is 9.78 Å². The van der Waals surface area contributed by atoms with Gasteiger partial charge in [-0.15, -0.1) is 0 Å². The van der Waals surface area contributed by atoms with E-state index in [1.54, 1.807) is 18.3 Å². The third-order valence-electron chi connectivity index (χ3n) is 2.97. The van der Waals surface area contributed by atoms with Crippen molar-refractivity contribution in [2.75, 3.05) is 11.9 Å². The lowest BCUT2D eigenvalue weighted by Gasteiger charge is -2.10. The smallest absolute Gasteiger partial charge is 0.319 e. The van der Waals surface area contributed by atoms with Gasteiger partial charge in [-0.2, -0.15) is 0 Å². The maximum absolute atomic E-state index is 11.8. The highest BCUT2D eigenvalue weighted by molar-refractivity contribution is 5.89. The maximum Gasteiger partial charge on any atom is 0.319 e. The number of hydrogen-bond donors (Lipinski definition) is 2. The largest absolute Gasteiger partial charge is 0.439 e. The van der Waals surface area contributed by atoms with Crippen LogP contribution in [0, 0.1) is 5.92 Å². The summed E-state index contributed by atoms with van der Waals surface area (Å²) in [5.41, 5.74) is 0.642. The Morgan fingerprint density at radius 1 is 1.23 bits per heavy atom. The van der Waals surface area contributed by atoms with Gasteiger partial charge < -0.3 is 15.4 Å². The van der Waals surface area contributed by atoms with E-state index in [0.29, 0.717) is 29.8 Å². The van der Waals surface area contributed by atoms with E-state index < -0.39 is 0 Å². The van der Waals surface area contributed by atoms with E-state index in [2.05, 4.69) is 29.5 Å². The molecule has 116 valence electrons. The van der Waals surface area contributed by atoms with Crippen LogP contribution in [0.25, 0.3) is 0 Å². The van der Waals surface area contributed by atoms with Gasteiger partial charge in [0.05, 0.1) is 0 Å². The van der Waals surface area contributed by atoms with Crippen LogP contribution in [0.4, 0.5) is 10.5 Å². The summed E-state index contributed by atoms with van der Waals surface area (Å²) in [4.78, 5) is 15.9. The molecule has 1 aromatic heterocycles. The second kappa shape index (κ2) is 8.02. The van der Waals surface area contributed by atoms with Crippen molar-refractivity contribution in [1.82, 2.24) is 10.3 Å². The Labute approximate surface area is 130 Å². The van der Waals surface area contributed by atoms with Crippen molar-refractivity contribution in [2.24, 2.45) is 5.92 Å². The first-order valence-electron chi connectivity index (χ1n) is 7.37. The van der Waals surface area contributed by atoms with Crippen LogP contribution >= 0.6 is 0 Å². The summed E-state index contributed by atoms with van der Waals surface area (Å²) in [6.45, 7) is 4.90. The van der Waals surface area contributed by atoms with Crippen molar-refractivity contribution >= 4 is 11.7 Å². The summed E-state index contributed by atoms with van der Waals surface area (Å²) in [5.74, 6) is 1.70. The zero-order valence-electron chi connectivity index (χ0n) is 12.9. The first-order valence-corrected chi connectivity index (χ1v) is 7.37. The highest BCUT2D eigenvalue weighted by Gasteiger charge is 2.04. The van der Waals surface area contributed by atoms with Crippen LogP contribution in [0.2, 0.25) is 0 Å². The number of rotatable bonds is 6. The molecule has 2 amide bonds. The lowest BCUT2D eigenvalue weighted by Crippen LogP contribution is -2.30. The van der Waals surface area contributed by atoms with Gasteiger partial charge in [0.1, 0.15) is 5.75 Å². The predicted molar refractivity (Wildman–Crippen MR) is 87.2 cm³/mol. The third kappa shape index (κ3) is 5.44. The SMILES string of the molecule is CC(C)CCNC(=O)Nc1ccnc(Oc2ccccc2)c1. The minimum absolute atomic E-state index is 0.225. The molecule has 0 saturated heterocycles. The molecular formula is C17H21N3O2. The molecule has 2 rings (SSSR count). The van der Waals surface area contributed by atoms with Gasteiger partial charge in [-0.1, -0.05) is 32.0 Å². The molecular weight excluding hydrogens is 278 g/mol. The quantitative estimate of drug-likeness (QED) is 0.846. The Balaban J connectivity index is 1.89. The van der Waals surface area contributed by atoms with Gasteiger partial charge in [0.2, 0.25) is 5.88 Å². The van der Waals surface area contributed by atoms with Crippen LogP contribution in [0.5, 0.6) is 11.6 Å². The average Bonchev–Trinajstić information content (AvgIpc) is 2.48. The van der Waals surface area contributed by atoms with Crippen molar-refractivity contribution in [3.8, 4) is 11.6 Å². The van der Waals surface area contributed by atoms with Gasteiger partial charge in [-0.05, 0) is 30.5 Å². The lowest BCUT2D eigenvalue weighted by molar-refractivity contribution is 0.251.